The van der Waals surface area contributed by atoms with Crippen molar-refractivity contribution >= 4 is 41.5 Å². The van der Waals surface area contributed by atoms with Crippen LogP contribution in [-0.2, 0) is 28.8 Å². The third kappa shape index (κ3) is 10.6. The lowest BCUT2D eigenvalue weighted by atomic mass is 9.96. The highest BCUT2D eigenvalue weighted by molar-refractivity contribution is 6.01. The second kappa shape index (κ2) is 18.2. The van der Waals surface area contributed by atoms with E-state index in [4.69, 9.17) is 28.0 Å². The van der Waals surface area contributed by atoms with Gasteiger partial charge in [-0.3, -0.25) is 29.0 Å². The van der Waals surface area contributed by atoms with E-state index in [0.717, 1.165) is 0 Å². The van der Waals surface area contributed by atoms with Crippen molar-refractivity contribution in [2.45, 2.75) is 95.5 Å². The Labute approximate surface area is 273 Å². The van der Waals surface area contributed by atoms with Crippen molar-refractivity contribution in [3.8, 4) is 0 Å². The molecule has 5 amide bonds. The van der Waals surface area contributed by atoms with Gasteiger partial charge in [-0.05, 0) is 58.3 Å². The van der Waals surface area contributed by atoms with Gasteiger partial charge in [0.25, 0.3) is 5.91 Å². The van der Waals surface area contributed by atoms with Crippen LogP contribution in [0.25, 0.3) is 0 Å². The summed E-state index contributed by atoms with van der Waals surface area (Å²) in [6.07, 6.45) is 4.07. The number of guanidine groups is 1. The molecule has 0 aromatic carbocycles. The summed E-state index contributed by atoms with van der Waals surface area (Å²) < 4.78 is 0. The Morgan fingerprint density at radius 1 is 0.957 bits per heavy atom. The molecule has 18 heteroatoms. The van der Waals surface area contributed by atoms with Crippen LogP contribution in [0.15, 0.2) is 16.8 Å². The van der Waals surface area contributed by atoms with Crippen LogP contribution in [0, 0.1) is 5.92 Å². The molecule has 2 rings (SSSR count). The maximum absolute atomic E-state index is 13.9. The summed E-state index contributed by atoms with van der Waals surface area (Å²) in [4.78, 5) is 84.6. The number of aliphatic carboxylic acids is 1. The fourth-order valence-electron chi connectivity index (χ4n) is 5.53. The van der Waals surface area contributed by atoms with Gasteiger partial charge in [-0.25, -0.2) is 4.79 Å². The van der Waals surface area contributed by atoms with E-state index in [1.807, 2.05) is 0 Å². The van der Waals surface area contributed by atoms with Crippen LogP contribution < -0.4 is 38.9 Å². The van der Waals surface area contributed by atoms with Crippen LogP contribution in [0.5, 0.6) is 0 Å². The van der Waals surface area contributed by atoms with Crippen LogP contribution in [-0.4, -0.2) is 124 Å². The normalized spacial score (nSPS) is 21.4. The molecule has 5 unspecified atom stereocenters. The molecule has 2 aliphatic rings. The maximum Gasteiger partial charge on any atom is 0.328 e. The molecule has 47 heavy (non-hydrogen) atoms. The van der Waals surface area contributed by atoms with Gasteiger partial charge in [0.1, 0.15) is 23.8 Å². The molecule has 2 fully saturated rings. The molecule has 0 aromatic heterocycles. The number of hydrogen-bond acceptors (Lipinski definition) is 10. The molecule has 0 radical (unpaired) electrons. The Morgan fingerprint density at radius 3 is 2.17 bits per heavy atom. The third-order valence-electron chi connectivity index (χ3n) is 8.37. The van der Waals surface area contributed by atoms with Crippen molar-refractivity contribution in [3.05, 3.63) is 11.8 Å². The molecular formula is C29H50N10O8. The number of carbonyl (C=O) groups is 6. The molecule has 13 N–H and O–H groups in total. The minimum atomic E-state index is -1.58. The smallest absolute Gasteiger partial charge is 0.328 e. The molecule has 264 valence electrons. The van der Waals surface area contributed by atoms with Crippen LogP contribution in [0.4, 0.5) is 0 Å². The molecule has 2 heterocycles. The van der Waals surface area contributed by atoms with Gasteiger partial charge in [-0.1, -0.05) is 13.0 Å². The Hall–Kier alpha value is -4.29. The van der Waals surface area contributed by atoms with Crippen molar-refractivity contribution in [2.24, 2.45) is 33.8 Å². The number of aliphatic hydroxyl groups excluding tert-OH is 1. The fourth-order valence-corrected chi connectivity index (χ4v) is 5.53. The Kier molecular flexibility index (Phi) is 15.0. The molecule has 0 aromatic rings. The highest BCUT2D eigenvalue weighted by Gasteiger charge is 2.43. The first-order chi connectivity index (χ1) is 22.1. The zero-order chi connectivity index (χ0) is 35.4. The van der Waals surface area contributed by atoms with E-state index >= 15 is 0 Å². The largest absolute Gasteiger partial charge is 0.480 e. The highest BCUT2D eigenvalue weighted by atomic mass is 16.4. The standard InChI is InChI=1S/C29H50N10O8/c1-4-17(23(41)36-18(14-40)28(46)47)35-24(42)19-9-7-13-38(19)26(44)20-8-5-6-12-39(20)27(45)22(16(3)30)37-25(43)21(31)15(2)10-11-34-29(32)33/h4,15-16,18-22,40H,5-14,30-31H2,1-3H3,(H,35,42)(H,36,41)(H,37,43)(H,46,47)(H4,32,33,34)/b17-4-/t15?,16?,18?,19?,20?,21-,22-/m0/s1. The first kappa shape index (κ1) is 38.9. The molecule has 18 nitrogen and oxygen atoms in total. The van der Waals surface area contributed by atoms with Gasteiger partial charge >= 0.3 is 5.97 Å². The first-order valence-corrected chi connectivity index (χ1v) is 15.7. The summed E-state index contributed by atoms with van der Waals surface area (Å²) in [7, 11) is 0. The van der Waals surface area contributed by atoms with E-state index in [9.17, 15) is 33.9 Å². The summed E-state index contributed by atoms with van der Waals surface area (Å²) in [5.41, 5.74) is 22.8. The lowest BCUT2D eigenvalue weighted by Crippen LogP contribution is -2.63. The summed E-state index contributed by atoms with van der Waals surface area (Å²) >= 11 is 0. The van der Waals surface area contributed by atoms with E-state index in [1.54, 1.807) is 13.8 Å². The molecule has 2 aliphatic heterocycles. The number of aliphatic imine (C=N–C) groups is 1. The highest BCUT2D eigenvalue weighted by Crippen LogP contribution is 2.26. The minimum Gasteiger partial charge on any atom is -0.480 e. The number of nitrogens with one attached hydrogen (secondary N) is 3. The lowest BCUT2D eigenvalue weighted by molar-refractivity contribution is -0.151. The van der Waals surface area contributed by atoms with Crippen LogP contribution in [0.3, 0.4) is 0 Å². The quantitative estimate of drug-likeness (QED) is 0.0465. The Balaban J connectivity index is 2.17. The molecule has 0 bridgehead atoms. The summed E-state index contributed by atoms with van der Waals surface area (Å²) in [5.74, 6) is -5.03. The number of rotatable bonds is 15. The number of likely N-dealkylation sites (tertiary alicyclic amines) is 2. The van der Waals surface area contributed by atoms with Gasteiger partial charge in [-0.2, -0.15) is 0 Å². The fraction of sp³-hybridized carbons (Fsp3) is 0.690. The second-order valence-corrected chi connectivity index (χ2v) is 11.9. The Morgan fingerprint density at radius 2 is 1.60 bits per heavy atom. The van der Waals surface area contributed by atoms with E-state index in [0.29, 0.717) is 38.5 Å². The molecule has 0 saturated carbocycles. The second-order valence-electron chi connectivity index (χ2n) is 11.9. The predicted octanol–water partition coefficient (Wildman–Crippen LogP) is -3.60. The monoisotopic (exact) mass is 666 g/mol. The number of hydrogen-bond donors (Lipinski definition) is 9. The number of carbonyl (C=O) groups excluding carboxylic acids is 5. The van der Waals surface area contributed by atoms with Gasteiger partial charge in [0.15, 0.2) is 12.0 Å². The van der Waals surface area contributed by atoms with E-state index in [-0.39, 0.29) is 37.2 Å². The number of carboxylic acid groups (broad SMARTS) is 1. The summed E-state index contributed by atoms with van der Waals surface area (Å²) in [6, 6.07) is -6.43. The predicted molar refractivity (Wildman–Crippen MR) is 171 cm³/mol. The average Bonchev–Trinajstić information content (AvgIpc) is 3.53. The first-order valence-electron chi connectivity index (χ1n) is 15.7. The van der Waals surface area contributed by atoms with Crippen molar-refractivity contribution in [2.75, 3.05) is 26.2 Å². The molecule has 0 spiro atoms. The van der Waals surface area contributed by atoms with Gasteiger partial charge in [0.2, 0.25) is 23.6 Å². The number of nitrogens with two attached hydrogens (primary N) is 4. The van der Waals surface area contributed by atoms with E-state index < -0.39 is 78.4 Å². The lowest BCUT2D eigenvalue weighted by Gasteiger charge is -2.40. The number of aliphatic hydroxyl groups is 1. The maximum atomic E-state index is 13.9. The van der Waals surface area contributed by atoms with Crippen molar-refractivity contribution < 1.29 is 39.0 Å². The molecule has 0 aliphatic carbocycles. The molecule has 2 saturated heterocycles. The van der Waals surface area contributed by atoms with Crippen LogP contribution in [0.2, 0.25) is 0 Å². The topological polar surface area (TPSA) is 302 Å². The van der Waals surface area contributed by atoms with Gasteiger partial charge in [0, 0.05) is 25.7 Å². The van der Waals surface area contributed by atoms with Crippen molar-refractivity contribution in [1.29, 1.82) is 0 Å². The number of piperidine rings is 1. The van der Waals surface area contributed by atoms with Gasteiger partial charge < -0.3 is 58.9 Å². The third-order valence-corrected chi connectivity index (χ3v) is 8.37. The van der Waals surface area contributed by atoms with Gasteiger partial charge in [0.05, 0.1) is 12.6 Å². The zero-order valence-electron chi connectivity index (χ0n) is 27.2. The van der Waals surface area contributed by atoms with Crippen molar-refractivity contribution in [3.63, 3.8) is 0 Å². The number of nitrogens with zero attached hydrogens (tertiary/aromatic N) is 3. The summed E-state index contributed by atoms with van der Waals surface area (Å²) in [6.45, 7) is 4.66. The van der Waals surface area contributed by atoms with Crippen LogP contribution >= 0.6 is 0 Å². The number of amides is 5. The number of carboxylic acids is 1. The zero-order valence-corrected chi connectivity index (χ0v) is 27.2. The average molecular weight is 667 g/mol. The number of allylic oxidation sites excluding steroid dienone is 1. The SMILES string of the molecule is C/C=C(\NC(=O)C1CCCN1C(=O)C1CCCCN1C(=O)[C@@H](NC(=O)[C@@H](N)C(C)CCN=C(N)N)C(C)N)C(=O)NC(CO)C(=O)O. The molecule has 7 atom stereocenters. The summed E-state index contributed by atoms with van der Waals surface area (Å²) in [5, 5.41) is 25.6. The van der Waals surface area contributed by atoms with E-state index in [2.05, 4.69) is 20.9 Å². The van der Waals surface area contributed by atoms with E-state index in [1.165, 1.54) is 22.8 Å². The molecular weight excluding hydrogens is 616 g/mol. The van der Waals surface area contributed by atoms with Crippen LogP contribution in [0.1, 0.15) is 59.3 Å². The minimum absolute atomic E-state index is 0.0794. The Bertz CT molecular complexity index is 1220. The van der Waals surface area contributed by atoms with Gasteiger partial charge in [-0.15, -0.1) is 0 Å². The van der Waals surface area contributed by atoms with Crippen molar-refractivity contribution in [1.82, 2.24) is 25.8 Å².